The third-order valence-electron chi connectivity index (χ3n) is 16.2. The molecule has 0 bridgehead atoms. The topological polar surface area (TPSA) is 215 Å². The molecule has 0 spiro atoms. The van der Waals surface area contributed by atoms with Gasteiger partial charge in [-0.25, -0.2) is 8.78 Å². The zero-order chi connectivity index (χ0) is 64.0. The summed E-state index contributed by atoms with van der Waals surface area (Å²) in [6, 6.07) is 26.9. The van der Waals surface area contributed by atoms with Crippen LogP contribution in [0.3, 0.4) is 0 Å². The van der Waals surface area contributed by atoms with Crippen molar-refractivity contribution < 1.29 is 51.6 Å². The van der Waals surface area contributed by atoms with Crippen LogP contribution in [0.1, 0.15) is 107 Å². The number of ether oxygens (including phenoxy) is 6. The molecule has 2 fully saturated rings. The van der Waals surface area contributed by atoms with Gasteiger partial charge in [0.25, 0.3) is 17.4 Å². The fourth-order valence-electron chi connectivity index (χ4n) is 11.9. The van der Waals surface area contributed by atoms with E-state index in [4.69, 9.17) is 51.6 Å². The molecule has 3 amide bonds. The summed E-state index contributed by atoms with van der Waals surface area (Å²) in [6.45, 7) is 18.2. The fourth-order valence-corrected chi connectivity index (χ4v) is 12.3. The first-order chi connectivity index (χ1) is 42.7. The molecule has 474 valence electrons. The van der Waals surface area contributed by atoms with Gasteiger partial charge in [-0.15, -0.1) is 0 Å². The van der Waals surface area contributed by atoms with E-state index < -0.39 is 52.3 Å². The summed E-state index contributed by atoms with van der Waals surface area (Å²) in [5.41, 5.74) is 4.14. The maximum atomic E-state index is 16.2. The highest BCUT2D eigenvalue weighted by molar-refractivity contribution is 6.31. The Kier molecular flexibility index (Phi) is 23.4. The number of aryl methyl sites for hydroxylation is 2. The summed E-state index contributed by atoms with van der Waals surface area (Å²) < 4.78 is 66.7. The Morgan fingerprint density at radius 2 is 1.53 bits per heavy atom. The SMILES string of the molecule is CCN(c1cc(-c2ccc(OCCOCCOCCOCCNC(=O)c3ccc(NC(=O)C4NC(CC(C)(C)C)C(C#N)(c5ccc(Cl)cc5F)C4c4cccc(Cl)c4F)c(OC)c3)cc2)cc(C(=O)NCc2c(C)cc(C)[nH]c2=O)c1C)C1CCOCC1. The van der Waals surface area contributed by atoms with Crippen LogP contribution in [0.2, 0.25) is 10.0 Å². The second-order valence-electron chi connectivity index (χ2n) is 23.5. The Bertz CT molecular complexity index is 3570. The molecule has 2 aliphatic rings. The maximum absolute atomic E-state index is 16.2. The summed E-state index contributed by atoms with van der Waals surface area (Å²) in [6.07, 6.45) is 2.07. The first kappa shape index (κ1) is 67.5. The van der Waals surface area contributed by atoms with E-state index in [9.17, 15) is 24.4 Å². The van der Waals surface area contributed by atoms with Gasteiger partial charge in [-0.2, -0.15) is 5.26 Å². The second-order valence-corrected chi connectivity index (χ2v) is 24.3. The average molecular weight is 1260 g/mol. The van der Waals surface area contributed by atoms with Crippen molar-refractivity contribution in [1.82, 2.24) is 20.9 Å². The zero-order valence-electron chi connectivity index (χ0n) is 51.6. The average Bonchev–Trinajstić information content (AvgIpc) is 1.60. The van der Waals surface area contributed by atoms with Gasteiger partial charge in [0.1, 0.15) is 35.2 Å². The van der Waals surface area contributed by atoms with Crippen LogP contribution in [0, 0.1) is 49.2 Å². The number of nitriles is 1. The van der Waals surface area contributed by atoms with Gasteiger partial charge in [-0.1, -0.05) is 74.3 Å². The van der Waals surface area contributed by atoms with Gasteiger partial charge < -0.3 is 59.6 Å². The van der Waals surface area contributed by atoms with Crippen LogP contribution in [-0.4, -0.2) is 120 Å². The number of H-pyrrole nitrogens is 1. The maximum Gasteiger partial charge on any atom is 0.253 e. The summed E-state index contributed by atoms with van der Waals surface area (Å²) in [5, 5.41) is 23.1. The van der Waals surface area contributed by atoms with E-state index in [0.717, 1.165) is 59.1 Å². The minimum absolute atomic E-state index is 0.0493. The molecule has 0 aliphatic carbocycles. The number of anilines is 2. The monoisotopic (exact) mass is 1260 g/mol. The van der Waals surface area contributed by atoms with Gasteiger partial charge in [-0.3, -0.25) is 19.2 Å². The van der Waals surface area contributed by atoms with Gasteiger partial charge in [0.05, 0.1) is 69.6 Å². The molecule has 2 aliphatic heterocycles. The number of hydrogen-bond acceptors (Lipinski definition) is 13. The Balaban J connectivity index is 0.773. The molecule has 17 nitrogen and oxygen atoms in total. The Labute approximate surface area is 529 Å². The van der Waals surface area contributed by atoms with Crippen LogP contribution in [0.25, 0.3) is 11.1 Å². The number of aromatic nitrogens is 1. The van der Waals surface area contributed by atoms with E-state index >= 15 is 8.78 Å². The van der Waals surface area contributed by atoms with Gasteiger partial charge >= 0.3 is 0 Å². The molecule has 3 heterocycles. The lowest BCUT2D eigenvalue weighted by Crippen LogP contribution is -2.45. The molecule has 2 saturated heterocycles. The van der Waals surface area contributed by atoms with Crippen molar-refractivity contribution in [2.75, 3.05) is 89.9 Å². The quantitative estimate of drug-likeness (QED) is 0.0304. The highest BCUT2D eigenvalue weighted by atomic mass is 35.5. The van der Waals surface area contributed by atoms with Crippen LogP contribution in [0.5, 0.6) is 11.5 Å². The van der Waals surface area contributed by atoms with E-state index in [0.29, 0.717) is 63.1 Å². The van der Waals surface area contributed by atoms with Crippen molar-refractivity contribution in [2.45, 2.75) is 104 Å². The van der Waals surface area contributed by atoms with E-state index in [-0.39, 0.29) is 88.4 Å². The number of rotatable bonds is 27. The van der Waals surface area contributed by atoms with Crippen molar-refractivity contribution in [3.8, 4) is 28.7 Å². The summed E-state index contributed by atoms with van der Waals surface area (Å²) in [4.78, 5) is 59.8. The Morgan fingerprint density at radius 3 is 2.18 bits per heavy atom. The molecule has 5 aromatic carbocycles. The van der Waals surface area contributed by atoms with Crippen LogP contribution >= 0.6 is 23.2 Å². The van der Waals surface area contributed by atoms with Gasteiger partial charge in [0.2, 0.25) is 5.91 Å². The number of nitrogens with zero attached hydrogens (tertiary/aromatic N) is 2. The number of aromatic amines is 1. The summed E-state index contributed by atoms with van der Waals surface area (Å²) in [7, 11) is 1.38. The summed E-state index contributed by atoms with van der Waals surface area (Å²) >= 11 is 12.5. The number of nitrogens with one attached hydrogen (secondary N) is 5. The lowest BCUT2D eigenvalue weighted by Gasteiger charge is -2.37. The molecule has 4 unspecified atom stereocenters. The highest BCUT2D eigenvalue weighted by Gasteiger charge is 2.61. The number of amides is 3. The minimum atomic E-state index is -1.82. The normalized spacial score (nSPS) is 17.6. The first-order valence-corrected chi connectivity index (χ1v) is 30.7. The predicted octanol–water partition coefficient (Wildman–Crippen LogP) is 11.3. The van der Waals surface area contributed by atoms with Crippen molar-refractivity contribution in [1.29, 1.82) is 5.26 Å². The third-order valence-corrected chi connectivity index (χ3v) is 16.8. The lowest BCUT2D eigenvalue weighted by atomic mass is 9.62. The van der Waals surface area contributed by atoms with E-state index in [2.05, 4.69) is 50.2 Å². The molecule has 6 aromatic rings. The van der Waals surface area contributed by atoms with Crippen molar-refractivity contribution in [3.63, 3.8) is 0 Å². The predicted molar refractivity (Wildman–Crippen MR) is 341 cm³/mol. The van der Waals surface area contributed by atoms with E-state index in [1.807, 2.05) is 77.9 Å². The largest absolute Gasteiger partial charge is 0.495 e. The summed E-state index contributed by atoms with van der Waals surface area (Å²) in [5.74, 6) is -3.45. The first-order valence-electron chi connectivity index (χ1n) is 29.9. The molecule has 0 saturated carbocycles. The molecule has 89 heavy (non-hydrogen) atoms. The van der Waals surface area contributed by atoms with Crippen LogP contribution in [0.15, 0.2) is 102 Å². The molecular weight excluding hydrogens is 1180 g/mol. The molecule has 0 radical (unpaired) electrons. The Morgan fingerprint density at radius 1 is 0.831 bits per heavy atom. The minimum Gasteiger partial charge on any atom is -0.495 e. The lowest BCUT2D eigenvalue weighted by molar-refractivity contribution is -0.118. The van der Waals surface area contributed by atoms with Gasteiger partial charge in [0.15, 0.2) is 0 Å². The van der Waals surface area contributed by atoms with E-state index in [1.165, 1.54) is 55.6 Å². The highest BCUT2D eigenvalue weighted by Crippen LogP contribution is 2.53. The number of pyridine rings is 1. The van der Waals surface area contributed by atoms with Crippen molar-refractivity contribution >= 4 is 52.3 Å². The number of halogens is 4. The standard InChI is InChI=1S/C68H79Cl2F2N7O10/c1-9-79(48-21-24-85-25-22-48)57-35-46(34-51(43(57)4)64(81)75-39-52-41(2)33-42(3)76-65(52)82)44-13-17-49(18-14-44)89-32-31-88-30-29-87-28-27-86-26-23-74-63(80)45-15-20-56(58(36-45)84-8)77-66(83)62-60(50-11-10-12-54(70)61(50)72)68(40-73,59(78-62)38-67(5,6)7)53-19-16-47(69)37-55(53)71/h10-20,33-37,48,59-60,62,78H,9,21-32,38-39H2,1-8H3,(H,74,80)(H,75,81)(H,76,82)(H,77,83). The molecule has 21 heteroatoms. The van der Waals surface area contributed by atoms with Gasteiger partial charge in [0, 0.05) is 89.5 Å². The van der Waals surface area contributed by atoms with Crippen LogP contribution < -0.4 is 41.2 Å². The molecule has 4 atom stereocenters. The third kappa shape index (κ3) is 16.5. The number of hydrogen-bond donors (Lipinski definition) is 5. The Hall–Kier alpha value is -7.41. The van der Waals surface area contributed by atoms with Crippen molar-refractivity contribution in [3.05, 3.63) is 174 Å². The number of methoxy groups -OCH3 is 1. The molecule has 5 N–H and O–H groups in total. The zero-order valence-corrected chi connectivity index (χ0v) is 53.2. The second kappa shape index (κ2) is 30.9. The smallest absolute Gasteiger partial charge is 0.253 e. The number of carbonyl (C=O) groups excluding carboxylic acids is 3. The fraction of sp³-hybridized carbons (Fsp3) is 0.426. The molecule has 1 aromatic heterocycles. The van der Waals surface area contributed by atoms with Crippen LogP contribution in [0.4, 0.5) is 20.2 Å². The number of carbonyl (C=O) groups is 3. The van der Waals surface area contributed by atoms with E-state index in [1.54, 1.807) is 0 Å². The van der Waals surface area contributed by atoms with Crippen LogP contribution in [-0.2, 0) is 35.7 Å². The number of benzene rings is 5. The van der Waals surface area contributed by atoms with Gasteiger partial charge in [-0.05, 0) is 147 Å². The molecule has 8 rings (SSSR count). The molecular formula is C68H79Cl2F2N7O10. The van der Waals surface area contributed by atoms with Crippen molar-refractivity contribution in [2.24, 2.45) is 5.41 Å².